The molecule has 4 fully saturated rings. The van der Waals surface area contributed by atoms with E-state index in [1.807, 2.05) is 9.80 Å². The van der Waals surface area contributed by atoms with Gasteiger partial charge in [-0.2, -0.15) is 5.26 Å². The second-order valence-corrected chi connectivity index (χ2v) is 8.33. The zero-order chi connectivity index (χ0) is 18.1. The van der Waals surface area contributed by atoms with Crippen LogP contribution in [0.1, 0.15) is 38.5 Å². The number of halogens is 1. The lowest BCUT2D eigenvalue weighted by molar-refractivity contribution is -0.130. The highest BCUT2D eigenvalue weighted by Crippen LogP contribution is 2.38. The summed E-state index contributed by atoms with van der Waals surface area (Å²) >= 11 is 0. The fraction of sp³-hybridized carbons (Fsp3) is 0.842. The number of hydrogen-bond acceptors (Lipinski definition) is 4. The van der Waals surface area contributed by atoms with Crippen molar-refractivity contribution in [1.29, 1.82) is 5.26 Å². The van der Waals surface area contributed by atoms with E-state index in [4.69, 9.17) is 5.26 Å². The predicted octanol–water partition coefficient (Wildman–Crippen LogP) is 1.44. The maximum atomic E-state index is 12.5. The van der Waals surface area contributed by atoms with Gasteiger partial charge in [-0.05, 0) is 50.4 Å². The van der Waals surface area contributed by atoms with Crippen LogP contribution in [0, 0.1) is 23.2 Å². The number of hydrogen-bond donors (Lipinski definition) is 1. The predicted molar refractivity (Wildman–Crippen MR) is 103 cm³/mol. The van der Waals surface area contributed by atoms with Gasteiger partial charge in [0.25, 0.3) is 0 Å². The lowest BCUT2D eigenvalue weighted by Crippen LogP contribution is -2.44. The largest absolute Gasteiger partial charge is 0.326 e. The van der Waals surface area contributed by atoms with Crippen LogP contribution < -0.4 is 5.32 Å². The van der Waals surface area contributed by atoms with Crippen LogP contribution in [0.3, 0.4) is 0 Å². The SMILES string of the molecule is Cl.N#CC1CCCN1C(=O)CNC1CC2CN(C(=O)N3CCCC3)CC2C1. The van der Waals surface area contributed by atoms with Crippen LogP contribution in [0.2, 0.25) is 0 Å². The number of nitriles is 1. The molecule has 27 heavy (non-hydrogen) atoms. The highest BCUT2D eigenvalue weighted by Gasteiger charge is 2.43. The van der Waals surface area contributed by atoms with E-state index in [1.54, 1.807) is 4.90 Å². The molecule has 0 bridgehead atoms. The molecule has 3 atom stereocenters. The van der Waals surface area contributed by atoms with Crippen LogP contribution >= 0.6 is 12.4 Å². The molecule has 0 aromatic heterocycles. The van der Waals surface area contributed by atoms with Crippen molar-refractivity contribution in [2.24, 2.45) is 11.8 Å². The van der Waals surface area contributed by atoms with Gasteiger partial charge in [0.05, 0.1) is 12.6 Å². The van der Waals surface area contributed by atoms with Gasteiger partial charge in [-0.15, -0.1) is 12.4 Å². The highest BCUT2D eigenvalue weighted by atomic mass is 35.5. The number of carbonyl (C=O) groups excluding carboxylic acids is 2. The van der Waals surface area contributed by atoms with E-state index < -0.39 is 0 Å². The topological polar surface area (TPSA) is 79.7 Å². The summed E-state index contributed by atoms with van der Waals surface area (Å²) in [6, 6.07) is 2.58. The quantitative estimate of drug-likeness (QED) is 0.784. The van der Waals surface area contributed by atoms with Gasteiger partial charge in [0, 0.05) is 38.8 Å². The van der Waals surface area contributed by atoms with Crippen LogP contribution in [0.15, 0.2) is 0 Å². The Labute approximate surface area is 167 Å². The van der Waals surface area contributed by atoms with Crippen molar-refractivity contribution < 1.29 is 9.59 Å². The summed E-state index contributed by atoms with van der Waals surface area (Å²) in [6.07, 6.45) is 6.09. The number of nitrogens with zero attached hydrogens (tertiary/aromatic N) is 4. The first-order chi connectivity index (χ1) is 12.7. The monoisotopic (exact) mass is 395 g/mol. The Kier molecular flexibility index (Phi) is 6.48. The number of fused-ring (bicyclic) bond motifs is 1. The lowest BCUT2D eigenvalue weighted by Gasteiger charge is -2.25. The number of likely N-dealkylation sites (tertiary alicyclic amines) is 3. The second kappa shape index (κ2) is 8.66. The minimum absolute atomic E-state index is 0. The maximum Gasteiger partial charge on any atom is 0.320 e. The second-order valence-electron chi connectivity index (χ2n) is 8.33. The summed E-state index contributed by atoms with van der Waals surface area (Å²) in [4.78, 5) is 30.7. The molecule has 3 saturated heterocycles. The van der Waals surface area contributed by atoms with Gasteiger partial charge in [-0.3, -0.25) is 4.79 Å². The third-order valence-electron chi connectivity index (χ3n) is 6.66. The Balaban J connectivity index is 0.00000210. The van der Waals surface area contributed by atoms with E-state index in [0.717, 1.165) is 64.7 Å². The van der Waals surface area contributed by atoms with Crippen LogP contribution in [-0.2, 0) is 4.79 Å². The first kappa shape index (κ1) is 20.2. The molecule has 3 amide bonds. The summed E-state index contributed by atoms with van der Waals surface area (Å²) in [6.45, 7) is 4.61. The lowest BCUT2D eigenvalue weighted by atomic mass is 10.0. The van der Waals surface area contributed by atoms with Gasteiger partial charge in [0.1, 0.15) is 6.04 Å². The van der Waals surface area contributed by atoms with Crippen LogP contribution in [0.25, 0.3) is 0 Å². The number of amides is 3. The Bertz CT molecular complexity index is 589. The first-order valence-corrected chi connectivity index (χ1v) is 10.1. The van der Waals surface area contributed by atoms with Crippen LogP contribution in [-0.4, -0.2) is 78.0 Å². The van der Waals surface area contributed by atoms with Gasteiger partial charge < -0.3 is 20.0 Å². The molecule has 1 saturated carbocycles. The highest BCUT2D eigenvalue weighted by molar-refractivity contribution is 5.85. The summed E-state index contributed by atoms with van der Waals surface area (Å²) < 4.78 is 0. The zero-order valence-corrected chi connectivity index (χ0v) is 16.6. The van der Waals surface area contributed by atoms with E-state index in [9.17, 15) is 9.59 Å². The Hall–Kier alpha value is -1.52. The minimum atomic E-state index is -0.239. The van der Waals surface area contributed by atoms with E-state index in [2.05, 4.69) is 11.4 Å². The van der Waals surface area contributed by atoms with Crippen molar-refractivity contribution in [2.75, 3.05) is 39.3 Å². The summed E-state index contributed by atoms with van der Waals surface area (Å²) in [5.41, 5.74) is 0. The molecular formula is C19H30ClN5O2. The standard InChI is InChI=1S/C19H29N5O2.ClH/c20-10-17-4-3-7-24(17)18(25)11-21-16-8-14-12-23(13-15(14)9-16)19(26)22-5-1-2-6-22;/h14-17,21H,1-9,11-13H2;1H. The van der Waals surface area contributed by atoms with Crippen molar-refractivity contribution in [2.45, 2.75) is 50.6 Å². The molecule has 3 aliphatic heterocycles. The molecule has 0 aromatic carbocycles. The fourth-order valence-electron chi connectivity index (χ4n) is 5.26. The molecule has 7 nitrogen and oxygen atoms in total. The molecule has 4 aliphatic rings. The fourth-order valence-corrected chi connectivity index (χ4v) is 5.26. The number of nitrogens with one attached hydrogen (secondary N) is 1. The Morgan fingerprint density at radius 3 is 2.30 bits per heavy atom. The molecule has 0 aromatic rings. The van der Waals surface area contributed by atoms with Crippen molar-refractivity contribution >= 4 is 24.3 Å². The summed E-state index contributed by atoms with van der Waals surface area (Å²) in [7, 11) is 0. The van der Waals surface area contributed by atoms with Crippen molar-refractivity contribution in [1.82, 2.24) is 20.0 Å². The van der Waals surface area contributed by atoms with Gasteiger partial charge in [0.15, 0.2) is 0 Å². The van der Waals surface area contributed by atoms with E-state index >= 15 is 0 Å². The van der Waals surface area contributed by atoms with Crippen molar-refractivity contribution in [3.05, 3.63) is 0 Å². The normalized spacial score (nSPS) is 32.3. The average Bonchev–Trinajstić information content (AvgIpc) is 3.42. The molecule has 4 rings (SSSR count). The molecular weight excluding hydrogens is 366 g/mol. The van der Waals surface area contributed by atoms with Crippen molar-refractivity contribution in [3.8, 4) is 6.07 Å². The number of rotatable bonds is 3. The Morgan fingerprint density at radius 1 is 1.00 bits per heavy atom. The molecule has 0 radical (unpaired) electrons. The van der Waals surface area contributed by atoms with Crippen LogP contribution in [0.5, 0.6) is 0 Å². The van der Waals surface area contributed by atoms with E-state index in [0.29, 0.717) is 31.0 Å². The summed E-state index contributed by atoms with van der Waals surface area (Å²) in [5, 5.41) is 12.5. The Morgan fingerprint density at radius 2 is 1.67 bits per heavy atom. The molecule has 0 spiro atoms. The average molecular weight is 396 g/mol. The molecule has 3 unspecified atom stereocenters. The van der Waals surface area contributed by atoms with E-state index in [-0.39, 0.29) is 30.4 Å². The number of urea groups is 1. The van der Waals surface area contributed by atoms with Gasteiger partial charge >= 0.3 is 6.03 Å². The van der Waals surface area contributed by atoms with Crippen LogP contribution in [0.4, 0.5) is 4.79 Å². The van der Waals surface area contributed by atoms with E-state index in [1.165, 1.54) is 0 Å². The zero-order valence-electron chi connectivity index (χ0n) is 15.8. The van der Waals surface area contributed by atoms with Crippen molar-refractivity contribution in [3.63, 3.8) is 0 Å². The minimum Gasteiger partial charge on any atom is -0.326 e. The maximum absolute atomic E-state index is 12.5. The summed E-state index contributed by atoms with van der Waals surface area (Å²) in [5.74, 6) is 1.18. The third-order valence-corrected chi connectivity index (χ3v) is 6.66. The van der Waals surface area contributed by atoms with Gasteiger partial charge in [-0.25, -0.2) is 4.79 Å². The molecule has 3 heterocycles. The molecule has 150 valence electrons. The third kappa shape index (κ3) is 4.17. The van der Waals surface area contributed by atoms with Gasteiger partial charge in [0.2, 0.25) is 5.91 Å². The number of carbonyl (C=O) groups is 2. The molecule has 1 aliphatic carbocycles. The first-order valence-electron chi connectivity index (χ1n) is 10.1. The van der Waals surface area contributed by atoms with Gasteiger partial charge in [-0.1, -0.05) is 0 Å². The molecule has 1 N–H and O–H groups in total. The molecule has 8 heteroatoms. The smallest absolute Gasteiger partial charge is 0.320 e.